The molecule has 1 N–H and O–H groups in total. The molecule has 1 aliphatic rings. The summed E-state index contributed by atoms with van der Waals surface area (Å²) in [4.78, 5) is 12.1. The van der Waals surface area contributed by atoms with Gasteiger partial charge in [-0.25, -0.2) is 14.4 Å². The molecule has 2 atom stereocenters. The number of anilines is 1. The molecule has 1 amide bonds. The summed E-state index contributed by atoms with van der Waals surface area (Å²) in [6.07, 6.45) is 0. The largest absolute Gasteiger partial charge is 0.309 e. The molecule has 20 heavy (non-hydrogen) atoms. The molecule has 1 aromatic carbocycles. The minimum atomic E-state index is -0.287. The van der Waals surface area contributed by atoms with Gasteiger partial charge in [0.05, 0.1) is 5.69 Å². The fourth-order valence-corrected chi connectivity index (χ4v) is 2.81. The fourth-order valence-electron chi connectivity index (χ4n) is 2.81. The molecule has 0 unspecified atom stereocenters. The lowest BCUT2D eigenvalue weighted by Crippen LogP contribution is -2.60. The van der Waals surface area contributed by atoms with Crippen LogP contribution in [0.4, 0.5) is 10.1 Å². The first-order chi connectivity index (χ1) is 9.40. The van der Waals surface area contributed by atoms with Crippen LogP contribution in [0.3, 0.4) is 0 Å². The maximum Gasteiger partial charge on any atom is 0.238 e. The van der Waals surface area contributed by atoms with Crippen molar-refractivity contribution in [3.8, 4) is 0 Å². The van der Waals surface area contributed by atoms with E-state index in [4.69, 9.17) is 0 Å². The van der Waals surface area contributed by atoms with E-state index in [1.165, 1.54) is 13.0 Å². The van der Waals surface area contributed by atoms with Crippen molar-refractivity contribution in [2.75, 3.05) is 18.1 Å². The number of benzene rings is 1. The molecule has 0 saturated carbocycles. The van der Waals surface area contributed by atoms with Crippen LogP contribution < -0.4 is 10.3 Å². The fraction of sp³-hybridized carbons (Fsp3) is 0.533. The average molecular weight is 279 g/mol. The zero-order valence-corrected chi connectivity index (χ0v) is 12.5. The maximum absolute atomic E-state index is 13.8. The van der Waals surface area contributed by atoms with Gasteiger partial charge >= 0.3 is 0 Å². The van der Waals surface area contributed by atoms with Gasteiger partial charge in [-0.3, -0.25) is 4.79 Å². The van der Waals surface area contributed by atoms with Crippen LogP contribution in [-0.4, -0.2) is 36.1 Å². The summed E-state index contributed by atoms with van der Waals surface area (Å²) in [5.41, 5.74) is 1.13. The number of hydrogen-bond donors (Lipinski definition) is 1. The Labute approximate surface area is 119 Å². The van der Waals surface area contributed by atoms with E-state index in [2.05, 4.69) is 19.2 Å². The minimum absolute atomic E-state index is 0.0972. The monoisotopic (exact) mass is 279 g/mol. The van der Waals surface area contributed by atoms with Gasteiger partial charge in [0.1, 0.15) is 5.82 Å². The van der Waals surface area contributed by atoms with E-state index in [0.717, 1.165) is 13.1 Å². The van der Waals surface area contributed by atoms with E-state index < -0.39 is 0 Å². The van der Waals surface area contributed by atoms with Crippen molar-refractivity contribution in [2.45, 2.75) is 39.8 Å². The molecule has 4 nitrogen and oxygen atoms in total. The van der Waals surface area contributed by atoms with Gasteiger partial charge in [0.15, 0.2) is 0 Å². The van der Waals surface area contributed by atoms with Crippen LogP contribution in [0, 0.1) is 12.7 Å². The summed E-state index contributed by atoms with van der Waals surface area (Å²) in [6, 6.07) is 5.42. The Morgan fingerprint density at radius 3 is 2.50 bits per heavy atom. The first-order valence-electron chi connectivity index (χ1n) is 6.97. The lowest BCUT2D eigenvalue weighted by atomic mass is 10.1. The summed E-state index contributed by atoms with van der Waals surface area (Å²) in [5, 5.41) is 7.03. The van der Waals surface area contributed by atoms with Gasteiger partial charge in [-0.2, -0.15) is 0 Å². The van der Waals surface area contributed by atoms with Crippen molar-refractivity contribution < 1.29 is 9.18 Å². The van der Waals surface area contributed by atoms with E-state index in [1.54, 1.807) is 24.1 Å². The second-order valence-corrected chi connectivity index (χ2v) is 5.56. The minimum Gasteiger partial charge on any atom is -0.309 e. The molecule has 0 aromatic heterocycles. The van der Waals surface area contributed by atoms with E-state index in [1.807, 2.05) is 5.01 Å². The predicted octanol–water partition coefficient (Wildman–Crippen LogP) is 2.08. The SMILES string of the molecule is CC(=O)N(c1cccc(F)c1C)N1C[C@@H](C)N[C@@H](C)C1. The molecule has 1 aromatic rings. The van der Waals surface area contributed by atoms with Gasteiger partial charge < -0.3 is 5.32 Å². The number of hydrazine groups is 1. The second-order valence-electron chi connectivity index (χ2n) is 5.56. The van der Waals surface area contributed by atoms with Crippen molar-refractivity contribution in [2.24, 2.45) is 0 Å². The van der Waals surface area contributed by atoms with E-state index in [9.17, 15) is 9.18 Å². The molecule has 0 spiro atoms. The van der Waals surface area contributed by atoms with Crippen LogP contribution in [0.1, 0.15) is 26.3 Å². The number of hydrogen-bond acceptors (Lipinski definition) is 3. The highest BCUT2D eigenvalue weighted by atomic mass is 19.1. The molecule has 0 radical (unpaired) electrons. The summed E-state index contributed by atoms with van der Waals surface area (Å²) >= 11 is 0. The molecule has 2 rings (SSSR count). The Morgan fingerprint density at radius 1 is 1.35 bits per heavy atom. The van der Waals surface area contributed by atoms with Gasteiger partial charge in [-0.05, 0) is 32.9 Å². The normalized spacial score (nSPS) is 23.6. The predicted molar refractivity (Wildman–Crippen MR) is 77.9 cm³/mol. The van der Waals surface area contributed by atoms with Crippen molar-refractivity contribution in [1.29, 1.82) is 0 Å². The number of halogens is 1. The van der Waals surface area contributed by atoms with E-state index >= 15 is 0 Å². The molecule has 1 heterocycles. The topological polar surface area (TPSA) is 35.6 Å². The van der Waals surface area contributed by atoms with Crippen LogP contribution in [0.15, 0.2) is 18.2 Å². The molecule has 5 heteroatoms. The van der Waals surface area contributed by atoms with Crippen molar-refractivity contribution >= 4 is 11.6 Å². The van der Waals surface area contributed by atoms with Crippen LogP contribution in [-0.2, 0) is 4.79 Å². The number of carbonyl (C=O) groups is 1. The highest BCUT2D eigenvalue weighted by molar-refractivity contribution is 5.91. The van der Waals surface area contributed by atoms with Gasteiger partial charge in [0.2, 0.25) is 5.91 Å². The third kappa shape index (κ3) is 2.99. The van der Waals surface area contributed by atoms with Gasteiger partial charge in [0, 0.05) is 37.7 Å². The summed E-state index contributed by atoms with van der Waals surface area (Å²) in [5.74, 6) is -0.384. The highest BCUT2D eigenvalue weighted by Gasteiger charge is 2.29. The molecule has 1 fully saturated rings. The van der Waals surface area contributed by atoms with Crippen molar-refractivity contribution in [3.63, 3.8) is 0 Å². The third-order valence-corrected chi connectivity index (χ3v) is 3.59. The number of nitrogens with one attached hydrogen (secondary N) is 1. The lowest BCUT2D eigenvalue weighted by molar-refractivity contribution is -0.120. The maximum atomic E-state index is 13.8. The van der Waals surface area contributed by atoms with Gasteiger partial charge in [0.25, 0.3) is 0 Å². The molecule has 110 valence electrons. The standard InChI is InChI=1S/C15H22FN3O/c1-10-8-18(9-11(2)17-10)19(13(4)20)15-7-5-6-14(16)12(15)3/h5-7,10-11,17H,8-9H2,1-4H3/t10-,11+. The Balaban J connectivity index is 2.36. The molecule has 1 saturated heterocycles. The van der Waals surface area contributed by atoms with Crippen LogP contribution in [0.25, 0.3) is 0 Å². The molecule has 0 bridgehead atoms. The third-order valence-electron chi connectivity index (χ3n) is 3.59. The quantitative estimate of drug-likeness (QED) is 0.900. The number of nitrogens with zero attached hydrogens (tertiary/aromatic N) is 2. The van der Waals surface area contributed by atoms with Crippen LogP contribution in [0.5, 0.6) is 0 Å². The highest BCUT2D eigenvalue weighted by Crippen LogP contribution is 2.25. The van der Waals surface area contributed by atoms with Gasteiger partial charge in [-0.15, -0.1) is 0 Å². The van der Waals surface area contributed by atoms with E-state index in [0.29, 0.717) is 11.3 Å². The van der Waals surface area contributed by atoms with Crippen LogP contribution in [0.2, 0.25) is 0 Å². The van der Waals surface area contributed by atoms with E-state index in [-0.39, 0.29) is 23.8 Å². The number of piperazine rings is 1. The smallest absolute Gasteiger partial charge is 0.238 e. The summed E-state index contributed by atoms with van der Waals surface area (Å²) in [7, 11) is 0. The van der Waals surface area contributed by atoms with Crippen molar-refractivity contribution in [3.05, 3.63) is 29.6 Å². The van der Waals surface area contributed by atoms with Crippen molar-refractivity contribution in [1.82, 2.24) is 10.3 Å². The molecular weight excluding hydrogens is 257 g/mol. The zero-order chi connectivity index (χ0) is 14.9. The zero-order valence-electron chi connectivity index (χ0n) is 12.5. The second kappa shape index (κ2) is 5.89. The Hall–Kier alpha value is -1.46. The first kappa shape index (κ1) is 14.9. The number of amides is 1. The van der Waals surface area contributed by atoms with Gasteiger partial charge in [-0.1, -0.05) is 6.07 Å². The Morgan fingerprint density at radius 2 is 1.95 bits per heavy atom. The first-order valence-corrected chi connectivity index (χ1v) is 6.97. The summed E-state index contributed by atoms with van der Waals surface area (Å²) < 4.78 is 13.8. The lowest BCUT2D eigenvalue weighted by Gasteiger charge is -2.42. The van der Waals surface area contributed by atoms with Crippen LogP contribution >= 0.6 is 0 Å². The number of rotatable bonds is 2. The molecule has 1 aliphatic heterocycles. The Bertz CT molecular complexity index is 496. The molecular formula is C15H22FN3O. The Kier molecular flexibility index (Phi) is 4.40. The molecule has 0 aliphatic carbocycles. The summed E-state index contributed by atoms with van der Waals surface area (Å²) in [6.45, 7) is 8.83. The number of carbonyl (C=O) groups excluding carboxylic acids is 1. The average Bonchev–Trinajstić information content (AvgIpc) is 2.33.